The van der Waals surface area contributed by atoms with Gasteiger partial charge in [0.05, 0.1) is 24.9 Å². The van der Waals surface area contributed by atoms with E-state index < -0.39 is 0 Å². The Kier molecular flexibility index (Phi) is 5.08. The van der Waals surface area contributed by atoms with Crippen LogP contribution in [0.3, 0.4) is 0 Å². The van der Waals surface area contributed by atoms with Crippen LogP contribution in [-0.2, 0) is 4.74 Å². The van der Waals surface area contributed by atoms with Crippen LogP contribution >= 0.6 is 0 Å². The van der Waals surface area contributed by atoms with Crippen LogP contribution in [0.5, 0.6) is 5.75 Å². The number of ether oxygens (including phenoxy) is 2. The molecule has 0 spiro atoms. The van der Waals surface area contributed by atoms with E-state index in [-0.39, 0.29) is 0 Å². The van der Waals surface area contributed by atoms with Crippen molar-refractivity contribution in [3.05, 3.63) is 60.3 Å². The molecule has 1 aliphatic heterocycles. The number of nitrogens with zero attached hydrogens (tertiary/aromatic N) is 4. The molecule has 0 radical (unpaired) electrons. The third-order valence-electron chi connectivity index (χ3n) is 5.27. The zero-order valence-electron chi connectivity index (χ0n) is 16.4. The molecule has 0 unspecified atom stereocenters. The first kappa shape index (κ1) is 18.7. The highest BCUT2D eigenvalue weighted by Gasteiger charge is 2.12. The summed E-state index contributed by atoms with van der Waals surface area (Å²) in [6, 6.07) is 13.1. The van der Waals surface area contributed by atoms with Crippen LogP contribution in [0.25, 0.3) is 27.9 Å². The van der Waals surface area contributed by atoms with Gasteiger partial charge in [0.2, 0.25) is 0 Å². The first-order chi connectivity index (χ1) is 14.8. The molecule has 4 aromatic rings. The molecular formula is C22H22N4O4. The van der Waals surface area contributed by atoms with Gasteiger partial charge in [0, 0.05) is 37.4 Å². The average molecular weight is 406 g/mol. The maximum Gasteiger partial charge on any atom is 0.155 e. The van der Waals surface area contributed by atoms with E-state index in [0.717, 1.165) is 38.4 Å². The predicted octanol–water partition coefficient (Wildman–Crippen LogP) is 2.75. The van der Waals surface area contributed by atoms with Crippen molar-refractivity contribution in [2.45, 2.75) is 0 Å². The minimum Gasteiger partial charge on any atom is -0.492 e. The van der Waals surface area contributed by atoms with Crippen LogP contribution in [0.4, 0.5) is 0 Å². The first-order valence-corrected chi connectivity index (χ1v) is 9.92. The van der Waals surface area contributed by atoms with Crippen molar-refractivity contribution in [3.63, 3.8) is 0 Å². The number of morpholine rings is 1. The summed E-state index contributed by atoms with van der Waals surface area (Å²) in [7, 11) is 0. The van der Waals surface area contributed by atoms with Gasteiger partial charge in [-0.3, -0.25) is 4.90 Å². The summed E-state index contributed by atoms with van der Waals surface area (Å²) in [5.41, 5.74) is 2.26. The van der Waals surface area contributed by atoms with E-state index in [1.165, 1.54) is 0 Å². The minimum atomic E-state index is 0.405. The average Bonchev–Trinajstić information content (AvgIpc) is 3.27. The number of hydrogen-bond donors (Lipinski definition) is 1. The molecule has 154 valence electrons. The lowest BCUT2D eigenvalue weighted by molar-refractivity contribution is 0.0322. The Morgan fingerprint density at radius 1 is 1.13 bits per heavy atom. The first-order valence-electron chi connectivity index (χ1n) is 9.92. The summed E-state index contributed by atoms with van der Waals surface area (Å²) in [6.07, 6.45) is 3.66. The second kappa shape index (κ2) is 8.17. The maximum atomic E-state index is 9.58. The second-order valence-electron chi connectivity index (χ2n) is 7.17. The van der Waals surface area contributed by atoms with Gasteiger partial charge in [-0.1, -0.05) is 5.16 Å². The zero-order chi connectivity index (χ0) is 20.3. The molecule has 8 heteroatoms. The Bertz CT molecular complexity index is 1240. The Balaban J connectivity index is 1.40. The van der Waals surface area contributed by atoms with Crippen LogP contribution in [0, 0.1) is 0 Å². The third kappa shape index (κ3) is 3.74. The van der Waals surface area contributed by atoms with Gasteiger partial charge in [-0.15, -0.1) is 0 Å². The minimum absolute atomic E-state index is 0.405. The van der Waals surface area contributed by atoms with Crippen molar-refractivity contribution >= 4 is 16.5 Å². The topological polar surface area (TPSA) is 84.7 Å². The van der Waals surface area contributed by atoms with E-state index >= 15 is 0 Å². The van der Waals surface area contributed by atoms with Crippen LogP contribution in [0.1, 0.15) is 0 Å². The molecule has 0 bridgehead atoms. The molecule has 4 heterocycles. The molecule has 1 aliphatic rings. The highest BCUT2D eigenvalue weighted by atomic mass is 16.5. The van der Waals surface area contributed by atoms with Crippen LogP contribution < -0.4 is 10.1 Å². The molecule has 3 aromatic heterocycles. The summed E-state index contributed by atoms with van der Waals surface area (Å²) in [5, 5.41) is 14.1. The van der Waals surface area contributed by atoms with Crippen molar-refractivity contribution in [1.29, 1.82) is 0 Å². The molecule has 0 amide bonds. The van der Waals surface area contributed by atoms with Crippen molar-refractivity contribution < 1.29 is 19.1 Å². The standard InChI is InChI=1S/C22H22N4O4/c27-24-19-14-22(20-12-16-2-1-5-26(16)15-23-20)30-21-4-3-17(13-18(19)21)29-11-8-25-6-9-28-10-7-25/h1-5,12-15,27H,6-11H2/b24-19-. The van der Waals surface area contributed by atoms with Crippen LogP contribution in [0.2, 0.25) is 0 Å². The Hall–Kier alpha value is -3.36. The van der Waals surface area contributed by atoms with Crippen molar-refractivity contribution in [3.8, 4) is 17.2 Å². The summed E-state index contributed by atoms with van der Waals surface area (Å²) >= 11 is 0. The summed E-state index contributed by atoms with van der Waals surface area (Å²) in [4.78, 5) is 6.76. The van der Waals surface area contributed by atoms with Gasteiger partial charge in [-0.05, 0) is 36.4 Å². The Morgan fingerprint density at radius 2 is 2.03 bits per heavy atom. The summed E-state index contributed by atoms with van der Waals surface area (Å²) < 4.78 is 19.2. The fourth-order valence-corrected chi connectivity index (χ4v) is 3.64. The Morgan fingerprint density at radius 3 is 2.90 bits per heavy atom. The molecule has 1 aromatic carbocycles. The van der Waals surface area contributed by atoms with Gasteiger partial charge in [-0.25, -0.2) is 4.98 Å². The molecule has 5 rings (SSSR count). The van der Waals surface area contributed by atoms with Crippen molar-refractivity contribution in [2.75, 3.05) is 39.5 Å². The highest BCUT2D eigenvalue weighted by Crippen LogP contribution is 2.24. The summed E-state index contributed by atoms with van der Waals surface area (Å²) in [5.74, 6) is 1.23. The number of aromatic nitrogens is 2. The molecule has 1 N–H and O–H groups in total. The van der Waals surface area contributed by atoms with Gasteiger partial charge in [0.1, 0.15) is 29.0 Å². The van der Waals surface area contributed by atoms with E-state index in [9.17, 15) is 5.21 Å². The quantitative estimate of drug-likeness (QED) is 0.405. The molecule has 1 fully saturated rings. The van der Waals surface area contributed by atoms with Gasteiger partial charge in [0.25, 0.3) is 0 Å². The van der Waals surface area contributed by atoms with Crippen LogP contribution in [-0.4, -0.2) is 58.9 Å². The fraction of sp³-hybridized carbons (Fsp3) is 0.273. The van der Waals surface area contributed by atoms with E-state index in [1.54, 1.807) is 12.4 Å². The molecule has 0 aliphatic carbocycles. The molecule has 30 heavy (non-hydrogen) atoms. The van der Waals surface area contributed by atoms with Gasteiger partial charge < -0.3 is 23.5 Å². The molecule has 0 saturated carbocycles. The lowest BCUT2D eigenvalue weighted by Gasteiger charge is -2.26. The maximum absolute atomic E-state index is 9.58. The SMILES string of the molecule is O/N=c1/cc(-c2cc3cccn3cn2)oc2ccc(OCCN3CCOCC3)cc12. The largest absolute Gasteiger partial charge is 0.492 e. The van der Waals surface area contributed by atoms with E-state index in [0.29, 0.717) is 40.1 Å². The molecule has 0 atom stereocenters. The smallest absolute Gasteiger partial charge is 0.155 e. The van der Waals surface area contributed by atoms with Gasteiger partial charge in [-0.2, -0.15) is 0 Å². The summed E-state index contributed by atoms with van der Waals surface area (Å²) in [6.45, 7) is 4.82. The number of benzene rings is 1. The lowest BCUT2D eigenvalue weighted by atomic mass is 10.2. The van der Waals surface area contributed by atoms with Gasteiger partial charge >= 0.3 is 0 Å². The molecule has 1 saturated heterocycles. The third-order valence-corrected chi connectivity index (χ3v) is 5.27. The molecule has 8 nitrogen and oxygen atoms in total. The van der Waals surface area contributed by atoms with E-state index in [4.69, 9.17) is 13.9 Å². The van der Waals surface area contributed by atoms with Crippen molar-refractivity contribution in [1.82, 2.24) is 14.3 Å². The lowest BCUT2D eigenvalue weighted by Crippen LogP contribution is -2.38. The number of fused-ring (bicyclic) bond motifs is 2. The highest BCUT2D eigenvalue weighted by molar-refractivity contribution is 5.80. The van der Waals surface area contributed by atoms with E-state index in [1.807, 2.05) is 47.0 Å². The number of hydrogen-bond acceptors (Lipinski definition) is 7. The Labute approximate surface area is 172 Å². The van der Waals surface area contributed by atoms with Gasteiger partial charge in [0.15, 0.2) is 5.76 Å². The normalized spacial score (nSPS) is 15.8. The van der Waals surface area contributed by atoms with E-state index in [2.05, 4.69) is 15.0 Å². The predicted molar refractivity (Wildman–Crippen MR) is 111 cm³/mol. The number of rotatable bonds is 5. The second-order valence-corrected chi connectivity index (χ2v) is 7.17. The van der Waals surface area contributed by atoms with Crippen LogP contribution in [0.15, 0.2) is 64.6 Å². The fourth-order valence-electron chi connectivity index (χ4n) is 3.64. The molecular weight excluding hydrogens is 384 g/mol. The zero-order valence-corrected chi connectivity index (χ0v) is 16.4. The monoisotopic (exact) mass is 406 g/mol. The van der Waals surface area contributed by atoms with Crippen molar-refractivity contribution in [2.24, 2.45) is 5.16 Å².